The number of carbonyl (C=O) groups excluding carboxylic acids is 1. The Hall–Kier alpha value is -0.0600. The molecule has 2 unspecified atom stereocenters. The normalized spacial score (nSPS) is 34.0. The van der Waals surface area contributed by atoms with E-state index in [0.717, 1.165) is 0 Å². The summed E-state index contributed by atoms with van der Waals surface area (Å²) in [5.41, 5.74) is 0. The summed E-state index contributed by atoms with van der Waals surface area (Å²) in [6, 6.07) is 0. The van der Waals surface area contributed by atoms with Gasteiger partial charge in [0.25, 0.3) is 0 Å². The third kappa shape index (κ3) is 2.77. The Morgan fingerprint density at radius 3 is 3.17 bits per heavy atom. The van der Waals surface area contributed by atoms with Crippen LogP contribution >= 0.6 is 23.4 Å². The number of ether oxygens (including phenoxy) is 1. The minimum absolute atomic E-state index is 0.0945. The van der Waals surface area contributed by atoms with Crippen molar-refractivity contribution in [2.75, 3.05) is 13.2 Å². The third-order valence-corrected chi connectivity index (χ3v) is 2.88. The van der Waals surface area contributed by atoms with Gasteiger partial charge in [0.1, 0.15) is 17.1 Å². The Bertz CT molecular complexity index is 200. The summed E-state index contributed by atoms with van der Waals surface area (Å²) in [5.74, 6) is 0. The molecule has 0 aromatic heterocycles. The van der Waals surface area contributed by atoms with Crippen LogP contribution < -0.4 is 0 Å². The summed E-state index contributed by atoms with van der Waals surface area (Å²) >= 11 is 7.59. The average molecular weight is 208 g/mol. The van der Waals surface area contributed by atoms with E-state index < -0.39 is 4.21 Å². The molecule has 1 rings (SSSR count). The van der Waals surface area contributed by atoms with Crippen LogP contribution in [0.2, 0.25) is 0 Å². The van der Waals surface area contributed by atoms with Crippen LogP contribution in [0, 0.1) is 0 Å². The van der Waals surface area contributed by atoms with Crippen LogP contribution in [0.5, 0.6) is 0 Å². The number of thioether (sulfide) groups is 1. The molecule has 1 aliphatic rings. The molecule has 0 aromatic carbocycles. The SMILES string of the molecule is CC1N=CC(Cl)(COCC=O)S1. The lowest BCUT2D eigenvalue weighted by Gasteiger charge is -2.16. The highest BCUT2D eigenvalue weighted by Crippen LogP contribution is 2.37. The molecule has 0 bridgehead atoms. The molecule has 3 nitrogen and oxygen atoms in total. The van der Waals surface area contributed by atoms with Crippen LogP contribution in [0.3, 0.4) is 0 Å². The molecule has 0 saturated heterocycles. The van der Waals surface area contributed by atoms with Gasteiger partial charge in [-0.25, -0.2) is 0 Å². The van der Waals surface area contributed by atoms with Gasteiger partial charge in [0.2, 0.25) is 0 Å². The summed E-state index contributed by atoms with van der Waals surface area (Å²) in [6.07, 6.45) is 2.38. The molecule has 0 radical (unpaired) electrons. The Morgan fingerprint density at radius 2 is 2.67 bits per heavy atom. The summed E-state index contributed by atoms with van der Waals surface area (Å²) in [7, 11) is 0. The van der Waals surface area contributed by atoms with E-state index in [-0.39, 0.29) is 12.0 Å². The molecule has 1 aliphatic heterocycles. The number of rotatable bonds is 4. The first-order valence-electron chi connectivity index (χ1n) is 3.59. The standard InChI is InChI=1S/C7H10ClNO2S/c1-6-9-4-7(8,12-6)5-11-3-2-10/h2,4,6H,3,5H2,1H3. The van der Waals surface area contributed by atoms with Gasteiger partial charge in [-0.3, -0.25) is 4.99 Å². The molecule has 0 aromatic rings. The van der Waals surface area contributed by atoms with E-state index in [1.54, 1.807) is 6.21 Å². The minimum Gasteiger partial charge on any atom is -0.371 e. The molecular weight excluding hydrogens is 198 g/mol. The maximum absolute atomic E-state index is 9.94. The predicted octanol–water partition coefficient (Wildman–Crippen LogP) is 1.30. The monoisotopic (exact) mass is 207 g/mol. The maximum Gasteiger partial charge on any atom is 0.150 e. The Balaban J connectivity index is 2.31. The number of nitrogens with zero attached hydrogens (tertiary/aromatic N) is 1. The fourth-order valence-electron chi connectivity index (χ4n) is 0.878. The topological polar surface area (TPSA) is 38.7 Å². The molecule has 68 valence electrons. The lowest BCUT2D eigenvalue weighted by molar-refractivity contribution is -0.111. The molecule has 1 heterocycles. The van der Waals surface area contributed by atoms with E-state index >= 15 is 0 Å². The number of hydrogen-bond acceptors (Lipinski definition) is 4. The quantitative estimate of drug-likeness (QED) is 0.396. The van der Waals surface area contributed by atoms with Gasteiger partial charge < -0.3 is 9.53 Å². The molecular formula is C7H10ClNO2S. The smallest absolute Gasteiger partial charge is 0.150 e. The molecule has 0 amide bonds. The van der Waals surface area contributed by atoms with E-state index in [1.165, 1.54) is 11.8 Å². The second kappa shape index (κ2) is 4.25. The zero-order chi connectivity index (χ0) is 9.03. The molecule has 0 saturated carbocycles. The van der Waals surface area contributed by atoms with Gasteiger partial charge in [0, 0.05) is 6.21 Å². The van der Waals surface area contributed by atoms with Crippen molar-refractivity contribution in [3.63, 3.8) is 0 Å². The van der Waals surface area contributed by atoms with Crippen LogP contribution in [-0.4, -0.2) is 35.3 Å². The van der Waals surface area contributed by atoms with E-state index in [1.807, 2.05) is 6.92 Å². The largest absolute Gasteiger partial charge is 0.371 e. The minimum atomic E-state index is -0.567. The number of halogens is 1. The zero-order valence-corrected chi connectivity index (χ0v) is 8.27. The number of alkyl halides is 1. The van der Waals surface area contributed by atoms with Gasteiger partial charge >= 0.3 is 0 Å². The molecule has 0 fully saturated rings. The van der Waals surface area contributed by atoms with Crippen LogP contribution in [0.25, 0.3) is 0 Å². The molecule has 0 aliphatic carbocycles. The Kier molecular flexibility index (Phi) is 3.55. The lowest BCUT2D eigenvalue weighted by atomic mass is 10.5. The summed E-state index contributed by atoms with van der Waals surface area (Å²) in [6.45, 7) is 2.38. The molecule has 0 spiro atoms. The van der Waals surface area contributed by atoms with Crippen molar-refractivity contribution in [2.24, 2.45) is 4.99 Å². The fraction of sp³-hybridized carbons (Fsp3) is 0.714. The number of hydrogen-bond donors (Lipinski definition) is 0. The Morgan fingerprint density at radius 1 is 1.92 bits per heavy atom. The van der Waals surface area contributed by atoms with Gasteiger partial charge in [0.05, 0.1) is 12.0 Å². The molecule has 12 heavy (non-hydrogen) atoms. The van der Waals surface area contributed by atoms with Crippen LogP contribution in [-0.2, 0) is 9.53 Å². The maximum atomic E-state index is 9.94. The van der Waals surface area contributed by atoms with Crippen molar-refractivity contribution in [3.8, 4) is 0 Å². The van der Waals surface area contributed by atoms with E-state index in [9.17, 15) is 4.79 Å². The molecule has 5 heteroatoms. The number of aliphatic imine (C=N–C) groups is 1. The van der Waals surface area contributed by atoms with E-state index in [2.05, 4.69) is 4.99 Å². The van der Waals surface area contributed by atoms with Crippen molar-refractivity contribution in [3.05, 3.63) is 0 Å². The highest BCUT2D eigenvalue weighted by Gasteiger charge is 2.33. The zero-order valence-electron chi connectivity index (χ0n) is 6.70. The van der Waals surface area contributed by atoms with Crippen LogP contribution in [0.4, 0.5) is 0 Å². The van der Waals surface area contributed by atoms with Crippen molar-refractivity contribution in [2.45, 2.75) is 16.5 Å². The number of carbonyl (C=O) groups is 1. The van der Waals surface area contributed by atoms with Crippen molar-refractivity contribution >= 4 is 35.9 Å². The lowest BCUT2D eigenvalue weighted by Crippen LogP contribution is -2.24. The highest BCUT2D eigenvalue weighted by atomic mass is 35.5. The van der Waals surface area contributed by atoms with Crippen molar-refractivity contribution in [1.82, 2.24) is 0 Å². The second-order valence-electron chi connectivity index (χ2n) is 2.46. The number of aldehydes is 1. The fourth-order valence-corrected chi connectivity index (χ4v) is 2.36. The van der Waals surface area contributed by atoms with E-state index in [4.69, 9.17) is 16.3 Å². The van der Waals surface area contributed by atoms with Gasteiger partial charge in [-0.2, -0.15) is 0 Å². The molecule has 0 N–H and O–H groups in total. The van der Waals surface area contributed by atoms with Gasteiger partial charge in [-0.15, -0.1) is 11.8 Å². The van der Waals surface area contributed by atoms with Crippen LogP contribution in [0.1, 0.15) is 6.92 Å². The first-order chi connectivity index (χ1) is 5.66. The van der Waals surface area contributed by atoms with Crippen molar-refractivity contribution in [1.29, 1.82) is 0 Å². The van der Waals surface area contributed by atoms with Crippen LogP contribution in [0.15, 0.2) is 4.99 Å². The average Bonchev–Trinajstić information content (AvgIpc) is 2.32. The highest BCUT2D eigenvalue weighted by molar-refractivity contribution is 8.03. The van der Waals surface area contributed by atoms with Crippen molar-refractivity contribution < 1.29 is 9.53 Å². The van der Waals surface area contributed by atoms with Gasteiger partial charge in [-0.1, -0.05) is 11.6 Å². The first-order valence-corrected chi connectivity index (χ1v) is 4.84. The Labute approximate surface area is 80.5 Å². The first kappa shape index (κ1) is 10.0. The van der Waals surface area contributed by atoms with Gasteiger partial charge in [0.15, 0.2) is 0 Å². The third-order valence-electron chi connectivity index (χ3n) is 1.33. The summed E-state index contributed by atoms with van der Waals surface area (Å²) < 4.78 is 4.44. The van der Waals surface area contributed by atoms with E-state index in [0.29, 0.717) is 12.9 Å². The summed E-state index contributed by atoms with van der Waals surface area (Å²) in [5, 5.41) is 0.183. The summed E-state index contributed by atoms with van der Waals surface area (Å²) in [4.78, 5) is 14.0. The second-order valence-corrected chi connectivity index (χ2v) is 5.01. The van der Waals surface area contributed by atoms with Gasteiger partial charge in [-0.05, 0) is 6.92 Å². The predicted molar refractivity (Wildman–Crippen MR) is 51.0 cm³/mol. The molecule has 2 atom stereocenters.